The Hall–Kier alpha value is 0.120. The van der Waals surface area contributed by atoms with E-state index in [9.17, 15) is 0 Å². The summed E-state index contributed by atoms with van der Waals surface area (Å²) in [5.74, 6) is 0. The Balaban J connectivity index is 0. The molecule has 0 aliphatic heterocycles. The Morgan fingerprint density at radius 2 is 1.50 bits per heavy atom. The van der Waals surface area contributed by atoms with Crippen LogP contribution in [0.1, 0.15) is 0 Å². The van der Waals surface area contributed by atoms with Crippen LogP contribution in [0.2, 0.25) is 0 Å². The lowest BCUT2D eigenvalue weighted by atomic mass is 11.3. The average Bonchev–Trinajstić information content (AvgIpc) is 1.41. The first kappa shape index (κ1) is 9.45. The summed E-state index contributed by atoms with van der Waals surface area (Å²) in [5, 5.41) is 3.46. The van der Waals surface area contributed by atoms with E-state index in [2.05, 4.69) is 13.2 Å². The van der Waals surface area contributed by atoms with Crippen molar-refractivity contribution >= 4 is 24.2 Å². The second-order valence-electron chi connectivity index (χ2n) is 0.469. The maximum Gasteiger partial charge on any atom is -0.0320 e. The van der Waals surface area contributed by atoms with Crippen molar-refractivity contribution in [3.05, 3.63) is 24.0 Å². The van der Waals surface area contributed by atoms with E-state index in [-0.39, 0.29) is 12.4 Å². The van der Waals surface area contributed by atoms with Gasteiger partial charge in [-0.2, -0.15) is 0 Å². The highest BCUT2D eigenvalue weighted by atomic mass is 35.5. The summed E-state index contributed by atoms with van der Waals surface area (Å²) in [6, 6.07) is 0. The van der Waals surface area contributed by atoms with Gasteiger partial charge in [0.15, 0.2) is 0 Å². The van der Waals surface area contributed by atoms with Gasteiger partial charge in [-0.15, -0.1) is 24.2 Å². The van der Waals surface area contributed by atoms with Crippen LogP contribution in [0.3, 0.4) is 0 Å². The van der Waals surface area contributed by atoms with Gasteiger partial charge in [0, 0.05) is 0 Å². The van der Waals surface area contributed by atoms with Crippen LogP contribution in [0.15, 0.2) is 24.0 Å². The predicted octanol–water partition coefficient (Wildman–Crippen LogP) is 2.43. The molecule has 0 radical (unpaired) electrons. The molecular weight excluding hydrogens is 116 g/mol. The molecule has 0 aliphatic rings. The molecule has 0 N–H and O–H groups in total. The predicted molar refractivity (Wildman–Crippen MR) is 35.2 cm³/mol. The summed E-state index contributed by atoms with van der Waals surface area (Å²) in [4.78, 5) is 0. The van der Waals surface area contributed by atoms with Crippen LogP contribution >= 0.6 is 24.2 Å². The molecule has 6 heavy (non-hydrogen) atoms. The molecule has 0 rings (SSSR count). The van der Waals surface area contributed by atoms with E-state index in [0.717, 1.165) is 0 Å². The summed E-state index contributed by atoms with van der Waals surface area (Å²) < 4.78 is 0. The van der Waals surface area contributed by atoms with E-state index in [1.807, 2.05) is 0 Å². The van der Waals surface area contributed by atoms with Crippen molar-refractivity contribution < 1.29 is 0 Å². The van der Waals surface area contributed by atoms with Crippen molar-refractivity contribution in [2.75, 3.05) is 0 Å². The first-order chi connectivity index (χ1) is 2.41. The molecule has 0 heterocycles. The molecule has 0 aromatic heterocycles. The van der Waals surface area contributed by atoms with E-state index < -0.39 is 0 Å². The fourth-order valence-corrected chi connectivity index (χ4v) is 0.204. The minimum atomic E-state index is 0. The van der Waals surface area contributed by atoms with Crippen LogP contribution in [-0.2, 0) is 0 Å². The van der Waals surface area contributed by atoms with Gasteiger partial charge in [0.1, 0.15) is 0 Å². The van der Waals surface area contributed by atoms with Crippen molar-refractivity contribution in [3.8, 4) is 0 Å². The van der Waals surface area contributed by atoms with Gasteiger partial charge in [0.05, 0.1) is 0 Å². The molecule has 2 heteroatoms. The Kier molecular flexibility index (Phi) is 14.1. The van der Waals surface area contributed by atoms with Crippen molar-refractivity contribution in [3.63, 3.8) is 0 Å². The fourth-order valence-electron chi connectivity index (χ4n) is 0.0680. The molecule has 0 amide bonds. The van der Waals surface area contributed by atoms with Gasteiger partial charge in [-0.1, -0.05) is 13.2 Å². The highest BCUT2D eigenvalue weighted by molar-refractivity contribution is 8.04. The molecule has 0 bridgehead atoms. The SMILES string of the molecule is C=CSC=C.Cl. The van der Waals surface area contributed by atoms with Crippen LogP contribution in [0, 0.1) is 0 Å². The molecule has 0 nitrogen and oxygen atoms in total. The van der Waals surface area contributed by atoms with Gasteiger partial charge in [-0.3, -0.25) is 0 Å². The Morgan fingerprint density at radius 1 is 1.17 bits per heavy atom. The number of hydrogen-bond donors (Lipinski definition) is 0. The van der Waals surface area contributed by atoms with E-state index in [1.165, 1.54) is 11.8 Å². The van der Waals surface area contributed by atoms with Crippen molar-refractivity contribution in [1.82, 2.24) is 0 Å². The minimum Gasteiger partial charge on any atom is -0.147 e. The lowest BCUT2D eigenvalue weighted by Crippen LogP contribution is -1.25. The largest absolute Gasteiger partial charge is 0.147 e. The quantitative estimate of drug-likeness (QED) is 0.542. The smallest absolute Gasteiger partial charge is 0.0320 e. The first-order valence-electron chi connectivity index (χ1n) is 1.29. The molecule has 0 spiro atoms. The zero-order valence-electron chi connectivity index (χ0n) is 3.39. The molecule has 0 aliphatic carbocycles. The van der Waals surface area contributed by atoms with Crippen LogP contribution in [-0.4, -0.2) is 0 Å². The summed E-state index contributed by atoms with van der Waals surface area (Å²) in [5.41, 5.74) is 0. The standard InChI is InChI=1S/C4H6S.ClH/c1-3-5-4-2;/h3-4H,1-2H2;1H. The number of hydrogen-bond acceptors (Lipinski definition) is 1. The van der Waals surface area contributed by atoms with E-state index in [0.29, 0.717) is 0 Å². The monoisotopic (exact) mass is 122 g/mol. The lowest BCUT2D eigenvalue weighted by molar-refractivity contribution is 2.58. The number of rotatable bonds is 2. The molecule has 0 aromatic rings. The van der Waals surface area contributed by atoms with Gasteiger partial charge < -0.3 is 0 Å². The Morgan fingerprint density at radius 3 is 1.50 bits per heavy atom. The topological polar surface area (TPSA) is 0 Å². The van der Waals surface area contributed by atoms with Crippen LogP contribution in [0.4, 0.5) is 0 Å². The molecule has 0 aromatic carbocycles. The molecular formula is C4H7ClS. The third-order valence-electron chi connectivity index (χ3n) is 0.192. The first-order valence-corrected chi connectivity index (χ1v) is 2.23. The second-order valence-corrected chi connectivity index (χ2v) is 1.41. The van der Waals surface area contributed by atoms with Crippen molar-refractivity contribution in [1.29, 1.82) is 0 Å². The average molecular weight is 123 g/mol. The Labute approximate surface area is 48.7 Å². The minimum absolute atomic E-state index is 0. The van der Waals surface area contributed by atoms with Crippen molar-refractivity contribution in [2.45, 2.75) is 0 Å². The normalized spacial score (nSPS) is 5.33. The maximum atomic E-state index is 3.44. The lowest BCUT2D eigenvalue weighted by Gasteiger charge is -1.65. The van der Waals surface area contributed by atoms with E-state index in [4.69, 9.17) is 0 Å². The Bertz CT molecular complexity index is 36.8. The van der Waals surface area contributed by atoms with Gasteiger partial charge in [-0.25, -0.2) is 0 Å². The van der Waals surface area contributed by atoms with Gasteiger partial charge >= 0.3 is 0 Å². The highest BCUT2D eigenvalue weighted by Crippen LogP contribution is 1.96. The van der Waals surface area contributed by atoms with Crippen LogP contribution in [0.5, 0.6) is 0 Å². The number of halogens is 1. The molecule has 36 valence electrons. The number of thioether (sulfide) groups is 1. The summed E-state index contributed by atoms with van der Waals surface area (Å²) in [6.07, 6.45) is 0. The van der Waals surface area contributed by atoms with Gasteiger partial charge in [0.25, 0.3) is 0 Å². The fraction of sp³-hybridized carbons (Fsp3) is 0. The van der Waals surface area contributed by atoms with Gasteiger partial charge in [0.2, 0.25) is 0 Å². The van der Waals surface area contributed by atoms with Crippen molar-refractivity contribution in [2.24, 2.45) is 0 Å². The molecule has 0 saturated heterocycles. The highest BCUT2D eigenvalue weighted by Gasteiger charge is 1.52. The zero-order valence-corrected chi connectivity index (χ0v) is 5.02. The maximum absolute atomic E-state index is 3.44. The molecule has 0 unspecified atom stereocenters. The van der Waals surface area contributed by atoms with Crippen LogP contribution < -0.4 is 0 Å². The molecule has 0 saturated carbocycles. The zero-order chi connectivity index (χ0) is 4.12. The summed E-state index contributed by atoms with van der Waals surface area (Å²) >= 11 is 1.49. The van der Waals surface area contributed by atoms with Crippen LogP contribution in [0.25, 0.3) is 0 Å². The molecule has 0 fully saturated rings. The summed E-state index contributed by atoms with van der Waals surface area (Å²) in [7, 11) is 0. The van der Waals surface area contributed by atoms with E-state index in [1.54, 1.807) is 10.8 Å². The third-order valence-corrected chi connectivity index (χ3v) is 0.577. The third kappa shape index (κ3) is 8.92. The molecule has 0 atom stereocenters. The second kappa shape index (κ2) is 8.93. The van der Waals surface area contributed by atoms with E-state index >= 15 is 0 Å². The van der Waals surface area contributed by atoms with Gasteiger partial charge in [-0.05, 0) is 10.8 Å². The summed E-state index contributed by atoms with van der Waals surface area (Å²) in [6.45, 7) is 6.88.